The van der Waals surface area contributed by atoms with Gasteiger partial charge < -0.3 is 5.11 Å². The number of quaternary nitrogens is 1. The van der Waals surface area contributed by atoms with Gasteiger partial charge in [-0.1, -0.05) is 141 Å². The van der Waals surface area contributed by atoms with Crippen molar-refractivity contribution in [2.75, 3.05) is 39.3 Å². The van der Waals surface area contributed by atoms with Crippen molar-refractivity contribution >= 4 is 22.1 Å². The van der Waals surface area contributed by atoms with Crippen LogP contribution in [0.2, 0.25) is 0 Å². The number of hydrogen-bond donors (Lipinski definition) is 1. The van der Waals surface area contributed by atoms with Gasteiger partial charge >= 0.3 is 10.4 Å². The first-order valence-electron chi connectivity index (χ1n) is 22.3. The highest BCUT2D eigenvalue weighted by Gasteiger charge is 2.35. The van der Waals surface area contributed by atoms with E-state index in [-0.39, 0.29) is 12.5 Å². The summed E-state index contributed by atoms with van der Waals surface area (Å²) in [5.74, 6) is 1.49. The maximum Gasteiger partial charge on any atom is 0.397 e. The molecule has 0 aromatic heterocycles. The number of amidine groups is 1. The normalized spacial score (nSPS) is 16.5. The molecule has 0 aliphatic carbocycles. The summed E-state index contributed by atoms with van der Waals surface area (Å²) in [4.78, 5) is 9.40. The fourth-order valence-corrected chi connectivity index (χ4v) is 7.30. The smallest absolute Gasteiger partial charge is 0.397 e. The third-order valence-electron chi connectivity index (χ3n) is 10.4. The Kier molecular flexibility index (Phi) is 36.3. The SMILES string of the molecule is CCCCCCCC/C=C\CCCCCCCC([O-])=NCC[N+]1(CC)CCN=C1CCCCCCC/C=C\CCCCCCCC.CCOS(=O)(=O)O. The van der Waals surface area contributed by atoms with Gasteiger partial charge in [0.05, 0.1) is 26.2 Å². The van der Waals surface area contributed by atoms with Crippen LogP contribution in [0.15, 0.2) is 34.3 Å². The van der Waals surface area contributed by atoms with E-state index in [1.807, 2.05) is 0 Å². The van der Waals surface area contributed by atoms with Crippen LogP contribution >= 0.6 is 0 Å². The highest BCUT2D eigenvalue weighted by Crippen LogP contribution is 2.20. The highest BCUT2D eigenvalue weighted by atomic mass is 32.3. The summed E-state index contributed by atoms with van der Waals surface area (Å²) in [5.41, 5.74) is 0. The molecule has 8 nitrogen and oxygen atoms in total. The summed E-state index contributed by atoms with van der Waals surface area (Å²) < 4.78 is 31.6. The summed E-state index contributed by atoms with van der Waals surface area (Å²) in [6.07, 6.45) is 45.5. The van der Waals surface area contributed by atoms with E-state index in [1.54, 1.807) is 0 Å². The maximum atomic E-state index is 12.4. The van der Waals surface area contributed by atoms with Crippen LogP contribution in [-0.4, -0.2) is 68.5 Å². The molecule has 1 heterocycles. The van der Waals surface area contributed by atoms with Crippen molar-refractivity contribution in [2.45, 2.75) is 207 Å². The molecule has 53 heavy (non-hydrogen) atoms. The summed E-state index contributed by atoms with van der Waals surface area (Å²) in [7, 11) is -4.17. The lowest BCUT2D eigenvalue weighted by molar-refractivity contribution is -0.833. The standard InChI is InChI=1S/C42H79N3O.C2H6O4S/c1-4-7-9-11-13-15-17-19-21-23-25-27-29-31-33-35-41-43-37-39-45(41,6-3)40-38-44-42(46)36-34-32-30-28-26-24-22-20-18-16-14-12-10-8-5-2;1-2-6-7(3,4)5/h19-22H,4-18,23-40H2,1-3H3;2H2,1H3,(H,3,4,5)/b21-19-,22-20-;. The van der Waals surface area contributed by atoms with E-state index >= 15 is 0 Å². The lowest BCUT2D eigenvalue weighted by Crippen LogP contribution is -2.52. The number of aliphatic imine (C=N–C) groups is 2. The van der Waals surface area contributed by atoms with Gasteiger partial charge in [0.1, 0.15) is 13.1 Å². The van der Waals surface area contributed by atoms with Gasteiger partial charge in [-0.3, -0.25) is 14.0 Å². The predicted octanol–water partition coefficient (Wildman–Crippen LogP) is 11.9. The molecule has 0 bridgehead atoms. The summed E-state index contributed by atoms with van der Waals surface area (Å²) in [6.45, 7) is 13.0. The summed E-state index contributed by atoms with van der Waals surface area (Å²) >= 11 is 0. The number of nitrogens with zero attached hydrogens (tertiary/aromatic N) is 3. The van der Waals surface area contributed by atoms with Crippen LogP contribution in [0.5, 0.6) is 0 Å². The van der Waals surface area contributed by atoms with Crippen LogP contribution in [0.25, 0.3) is 0 Å². The molecule has 1 rings (SSSR count). The molecule has 0 saturated carbocycles. The van der Waals surface area contributed by atoms with Crippen LogP contribution in [0.3, 0.4) is 0 Å². The first kappa shape index (κ1) is 51.5. The minimum Gasteiger partial charge on any atom is -0.862 e. The van der Waals surface area contributed by atoms with Gasteiger partial charge in [-0.25, -0.2) is 9.18 Å². The molecule has 1 aliphatic heterocycles. The lowest BCUT2D eigenvalue weighted by atomic mass is 10.1. The molecule has 0 radical (unpaired) electrons. The van der Waals surface area contributed by atoms with Gasteiger partial charge in [-0.15, -0.1) is 0 Å². The van der Waals surface area contributed by atoms with E-state index in [4.69, 9.17) is 9.55 Å². The zero-order valence-corrected chi connectivity index (χ0v) is 36.0. The fraction of sp³-hybridized carbons (Fsp3) is 0.864. The van der Waals surface area contributed by atoms with Crippen molar-refractivity contribution in [1.29, 1.82) is 0 Å². The first-order valence-corrected chi connectivity index (χ1v) is 23.6. The number of hydrogen-bond acceptors (Lipinski definition) is 6. The second-order valence-electron chi connectivity index (χ2n) is 15.0. The number of likely N-dealkylation sites (N-methyl/N-ethyl adjacent to an activating group) is 1. The zero-order valence-electron chi connectivity index (χ0n) is 35.2. The van der Waals surface area contributed by atoms with Crippen molar-refractivity contribution < 1.29 is 26.7 Å². The average molecular weight is 768 g/mol. The monoisotopic (exact) mass is 768 g/mol. The molecule has 0 aromatic rings. The van der Waals surface area contributed by atoms with Crippen molar-refractivity contribution in [3.05, 3.63) is 24.3 Å². The molecule has 0 fully saturated rings. The van der Waals surface area contributed by atoms with E-state index in [2.05, 4.69) is 54.3 Å². The Morgan fingerprint density at radius 2 is 1.13 bits per heavy atom. The van der Waals surface area contributed by atoms with Crippen molar-refractivity contribution in [3.63, 3.8) is 0 Å². The van der Waals surface area contributed by atoms with Gasteiger partial charge in [0.15, 0.2) is 5.84 Å². The number of unbranched alkanes of at least 4 members (excludes halogenated alkanes) is 22. The second-order valence-corrected chi connectivity index (χ2v) is 16.1. The fourth-order valence-electron chi connectivity index (χ4n) is 7.00. The van der Waals surface area contributed by atoms with Crippen LogP contribution in [0.1, 0.15) is 207 Å². The zero-order chi connectivity index (χ0) is 39.1. The third kappa shape index (κ3) is 33.5. The quantitative estimate of drug-likeness (QED) is 0.0170. The molecule has 1 aliphatic rings. The molecule has 9 heteroatoms. The topological polar surface area (TPSA) is 111 Å². The maximum absolute atomic E-state index is 12.4. The van der Waals surface area contributed by atoms with E-state index in [1.165, 1.54) is 167 Å². The van der Waals surface area contributed by atoms with Gasteiger partial charge in [0.2, 0.25) is 0 Å². The lowest BCUT2D eigenvalue weighted by Gasteiger charge is -2.33. The largest absolute Gasteiger partial charge is 0.862 e. The van der Waals surface area contributed by atoms with Gasteiger partial charge in [0.25, 0.3) is 0 Å². The van der Waals surface area contributed by atoms with Gasteiger partial charge in [-0.2, -0.15) is 8.42 Å². The Morgan fingerprint density at radius 3 is 1.55 bits per heavy atom. The van der Waals surface area contributed by atoms with Crippen molar-refractivity contribution in [2.24, 2.45) is 9.98 Å². The molecule has 0 amide bonds. The summed E-state index contributed by atoms with van der Waals surface area (Å²) in [6, 6.07) is 0. The van der Waals surface area contributed by atoms with Crippen molar-refractivity contribution in [3.8, 4) is 0 Å². The first-order chi connectivity index (χ1) is 25.7. The van der Waals surface area contributed by atoms with E-state index in [0.29, 0.717) is 13.0 Å². The Labute approximate surface area is 329 Å². The van der Waals surface area contributed by atoms with Crippen LogP contribution in [-0.2, 0) is 14.6 Å². The molecule has 0 aromatic carbocycles. The van der Waals surface area contributed by atoms with E-state index in [9.17, 15) is 13.5 Å². The van der Waals surface area contributed by atoms with Gasteiger partial charge in [-0.05, 0) is 90.4 Å². The van der Waals surface area contributed by atoms with Crippen LogP contribution < -0.4 is 5.11 Å². The molecule has 312 valence electrons. The molecular formula is C44H85N3O5S. The molecule has 1 unspecified atom stereocenters. The molecule has 1 atom stereocenters. The van der Waals surface area contributed by atoms with Crippen LogP contribution in [0.4, 0.5) is 0 Å². The third-order valence-corrected chi connectivity index (χ3v) is 10.9. The number of rotatable bonds is 36. The summed E-state index contributed by atoms with van der Waals surface area (Å²) in [5, 5.41) is 12.4. The molecule has 0 spiro atoms. The Balaban J connectivity index is 0.00000348. The highest BCUT2D eigenvalue weighted by molar-refractivity contribution is 7.80. The van der Waals surface area contributed by atoms with E-state index in [0.717, 1.165) is 49.9 Å². The van der Waals surface area contributed by atoms with Crippen molar-refractivity contribution in [1.82, 2.24) is 0 Å². The van der Waals surface area contributed by atoms with E-state index < -0.39 is 10.4 Å². The minimum atomic E-state index is -4.17. The molecule has 1 N–H and O–H groups in total. The average Bonchev–Trinajstić information content (AvgIpc) is 3.53. The molecular weight excluding hydrogens is 683 g/mol. The Morgan fingerprint density at radius 1 is 0.698 bits per heavy atom. The predicted molar refractivity (Wildman–Crippen MR) is 227 cm³/mol. The second kappa shape index (κ2) is 37.4. The minimum absolute atomic E-state index is 0.0289. The van der Waals surface area contributed by atoms with Gasteiger partial charge in [0, 0.05) is 6.42 Å². The molecule has 0 saturated heterocycles. The Hall–Kier alpha value is -1.55. The van der Waals surface area contributed by atoms with Crippen LogP contribution in [0, 0.1) is 0 Å². The Bertz CT molecular complexity index is 1040. The number of allylic oxidation sites excluding steroid dienone is 4.